The molecule has 1 aliphatic heterocycles. The molecule has 15 heavy (non-hydrogen) atoms. The van der Waals surface area contributed by atoms with Crippen LogP contribution in [0.1, 0.15) is 19.3 Å². The van der Waals surface area contributed by atoms with Crippen molar-refractivity contribution in [3.05, 3.63) is 34.4 Å². The molecule has 1 fully saturated rings. The molecule has 0 saturated carbocycles. The monoisotopic (exact) mass is 206 g/mol. The van der Waals surface area contributed by atoms with Crippen LogP contribution in [0.3, 0.4) is 0 Å². The summed E-state index contributed by atoms with van der Waals surface area (Å²) in [7, 11) is 0. The second kappa shape index (κ2) is 4.29. The normalized spacial score (nSPS) is 16.4. The van der Waals surface area contributed by atoms with Crippen molar-refractivity contribution < 1.29 is 4.92 Å². The maximum atomic E-state index is 10.8. The van der Waals surface area contributed by atoms with E-state index in [1.54, 1.807) is 12.1 Å². The van der Waals surface area contributed by atoms with Crippen LogP contribution in [0, 0.1) is 10.1 Å². The smallest absolute Gasteiger partial charge is 0.292 e. The highest BCUT2D eigenvalue weighted by molar-refractivity contribution is 5.63. The standard InChI is InChI=1S/C11H14N2O2/c14-13(15)11-7-3-2-6-10(11)12-8-4-1-5-9-12/h2-3,6-7H,1,4-5,8-9H2. The molecule has 4 nitrogen and oxygen atoms in total. The molecule has 0 N–H and O–H groups in total. The topological polar surface area (TPSA) is 46.4 Å². The summed E-state index contributed by atoms with van der Waals surface area (Å²) in [6.45, 7) is 1.87. The molecule has 0 bridgehead atoms. The van der Waals surface area contributed by atoms with Gasteiger partial charge >= 0.3 is 0 Å². The highest BCUT2D eigenvalue weighted by Gasteiger charge is 2.19. The highest BCUT2D eigenvalue weighted by Crippen LogP contribution is 2.29. The van der Waals surface area contributed by atoms with Gasteiger partial charge in [0.05, 0.1) is 4.92 Å². The van der Waals surface area contributed by atoms with Crippen LogP contribution in [-0.4, -0.2) is 18.0 Å². The van der Waals surface area contributed by atoms with Crippen LogP contribution in [0.25, 0.3) is 0 Å². The molecule has 4 heteroatoms. The zero-order valence-electron chi connectivity index (χ0n) is 8.56. The summed E-state index contributed by atoms with van der Waals surface area (Å²) in [5.41, 5.74) is 0.988. The first-order chi connectivity index (χ1) is 7.29. The summed E-state index contributed by atoms with van der Waals surface area (Å²) < 4.78 is 0. The minimum Gasteiger partial charge on any atom is -0.366 e. The van der Waals surface area contributed by atoms with Crippen molar-refractivity contribution in [3.63, 3.8) is 0 Å². The summed E-state index contributed by atoms with van der Waals surface area (Å²) >= 11 is 0. The van der Waals surface area contributed by atoms with Gasteiger partial charge in [0.2, 0.25) is 0 Å². The molecule has 0 radical (unpaired) electrons. The van der Waals surface area contributed by atoms with E-state index in [1.165, 1.54) is 6.42 Å². The van der Waals surface area contributed by atoms with Gasteiger partial charge in [-0.25, -0.2) is 0 Å². The molecule has 2 rings (SSSR count). The molecule has 0 spiro atoms. The molecule has 0 aromatic heterocycles. The van der Waals surface area contributed by atoms with E-state index >= 15 is 0 Å². The van der Waals surface area contributed by atoms with Gasteiger partial charge in [0.1, 0.15) is 5.69 Å². The van der Waals surface area contributed by atoms with Gasteiger partial charge in [0, 0.05) is 19.2 Å². The van der Waals surface area contributed by atoms with Crippen molar-refractivity contribution in [2.75, 3.05) is 18.0 Å². The van der Waals surface area contributed by atoms with Crippen molar-refractivity contribution in [1.29, 1.82) is 0 Å². The fourth-order valence-electron chi connectivity index (χ4n) is 2.02. The van der Waals surface area contributed by atoms with Crippen molar-refractivity contribution in [1.82, 2.24) is 0 Å². The lowest BCUT2D eigenvalue weighted by Gasteiger charge is -2.28. The molecule has 1 aromatic rings. The van der Waals surface area contributed by atoms with E-state index in [9.17, 15) is 10.1 Å². The lowest BCUT2D eigenvalue weighted by Crippen LogP contribution is -2.29. The first kappa shape index (κ1) is 9.96. The number of benzene rings is 1. The maximum Gasteiger partial charge on any atom is 0.292 e. The summed E-state index contributed by atoms with van der Waals surface area (Å²) in [4.78, 5) is 12.7. The number of nitrogens with zero attached hydrogens (tertiary/aromatic N) is 2. The van der Waals surface area contributed by atoms with Crippen LogP contribution < -0.4 is 4.90 Å². The second-order valence-corrected chi connectivity index (χ2v) is 3.79. The highest BCUT2D eigenvalue weighted by atomic mass is 16.6. The largest absolute Gasteiger partial charge is 0.366 e. The lowest BCUT2D eigenvalue weighted by atomic mass is 10.1. The zero-order chi connectivity index (χ0) is 10.7. The molecule has 0 amide bonds. The van der Waals surface area contributed by atoms with Crippen LogP contribution in [0.2, 0.25) is 0 Å². The van der Waals surface area contributed by atoms with Gasteiger partial charge in [-0.15, -0.1) is 0 Å². The molecule has 1 aliphatic rings. The Labute approximate surface area is 88.7 Å². The van der Waals surface area contributed by atoms with Gasteiger partial charge < -0.3 is 4.90 Å². The van der Waals surface area contributed by atoms with Crippen molar-refractivity contribution in [3.8, 4) is 0 Å². The van der Waals surface area contributed by atoms with Crippen LogP contribution in [0.15, 0.2) is 24.3 Å². The number of nitro groups is 1. The fraction of sp³-hybridized carbons (Fsp3) is 0.455. The van der Waals surface area contributed by atoms with Gasteiger partial charge in [-0.05, 0) is 25.3 Å². The van der Waals surface area contributed by atoms with E-state index in [0.717, 1.165) is 31.6 Å². The quantitative estimate of drug-likeness (QED) is 0.552. The fourth-order valence-corrected chi connectivity index (χ4v) is 2.02. The number of rotatable bonds is 2. The number of anilines is 1. The number of hydrogen-bond acceptors (Lipinski definition) is 3. The Morgan fingerprint density at radius 2 is 1.80 bits per heavy atom. The summed E-state index contributed by atoms with van der Waals surface area (Å²) in [6, 6.07) is 6.98. The molecule has 1 heterocycles. The van der Waals surface area contributed by atoms with Crippen LogP contribution in [0.5, 0.6) is 0 Å². The van der Waals surface area contributed by atoms with Crippen LogP contribution in [0.4, 0.5) is 11.4 Å². The Morgan fingerprint density at radius 3 is 2.47 bits per heavy atom. The third kappa shape index (κ3) is 2.09. The van der Waals surface area contributed by atoms with E-state index < -0.39 is 0 Å². The Kier molecular flexibility index (Phi) is 2.85. The summed E-state index contributed by atoms with van der Waals surface area (Å²) in [6.07, 6.45) is 3.50. The van der Waals surface area contributed by atoms with Crippen LogP contribution >= 0.6 is 0 Å². The van der Waals surface area contributed by atoms with E-state index in [0.29, 0.717) is 0 Å². The van der Waals surface area contributed by atoms with E-state index in [4.69, 9.17) is 0 Å². The van der Waals surface area contributed by atoms with Gasteiger partial charge in [0.25, 0.3) is 5.69 Å². The van der Waals surface area contributed by atoms with Crippen LogP contribution in [-0.2, 0) is 0 Å². The maximum absolute atomic E-state index is 10.8. The van der Waals surface area contributed by atoms with Gasteiger partial charge in [0.15, 0.2) is 0 Å². The molecule has 80 valence electrons. The molecule has 0 aliphatic carbocycles. The molecular weight excluding hydrogens is 192 g/mol. The molecule has 0 unspecified atom stereocenters. The second-order valence-electron chi connectivity index (χ2n) is 3.79. The van der Waals surface area contributed by atoms with Crippen molar-refractivity contribution in [2.24, 2.45) is 0 Å². The van der Waals surface area contributed by atoms with E-state index in [1.807, 2.05) is 12.1 Å². The Morgan fingerprint density at radius 1 is 1.13 bits per heavy atom. The van der Waals surface area contributed by atoms with Gasteiger partial charge in [-0.3, -0.25) is 10.1 Å². The van der Waals surface area contributed by atoms with E-state index in [2.05, 4.69) is 4.90 Å². The SMILES string of the molecule is O=[N+]([O-])c1ccccc1N1CCCCC1. The van der Waals surface area contributed by atoms with Gasteiger partial charge in [-0.1, -0.05) is 12.1 Å². The predicted molar refractivity (Wildman–Crippen MR) is 59.2 cm³/mol. The lowest BCUT2D eigenvalue weighted by molar-refractivity contribution is -0.384. The van der Waals surface area contributed by atoms with E-state index in [-0.39, 0.29) is 10.6 Å². The number of nitro benzene ring substituents is 1. The van der Waals surface area contributed by atoms with Crippen molar-refractivity contribution in [2.45, 2.75) is 19.3 Å². The van der Waals surface area contributed by atoms with Gasteiger partial charge in [-0.2, -0.15) is 0 Å². The third-order valence-electron chi connectivity index (χ3n) is 2.78. The Hall–Kier alpha value is -1.58. The molecule has 1 aromatic carbocycles. The molecule has 1 saturated heterocycles. The molecular formula is C11H14N2O2. The summed E-state index contributed by atoms with van der Waals surface area (Å²) in [5.74, 6) is 0. The number of piperidine rings is 1. The predicted octanol–water partition coefficient (Wildman–Crippen LogP) is 2.59. The van der Waals surface area contributed by atoms with Crippen molar-refractivity contribution >= 4 is 11.4 Å². The zero-order valence-corrected chi connectivity index (χ0v) is 8.56. The molecule has 0 atom stereocenters. The minimum atomic E-state index is -0.302. The minimum absolute atomic E-state index is 0.222. The average molecular weight is 206 g/mol. The number of hydrogen-bond donors (Lipinski definition) is 0. The Balaban J connectivity index is 2.29. The first-order valence-corrected chi connectivity index (χ1v) is 5.27. The third-order valence-corrected chi connectivity index (χ3v) is 2.78. The first-order valence-electron chi connectivity index (χ1n) is 5.27. The summed E-state index contributed by atoms with van der Waals surface area (Å²) in [5, 5.41) is 10.8. The number of para-hydroxylation sites is 2. The average Bonchev–Trinajstić information content (AvgIpc) is 2.30. The Bertz CT molecular complexity index is 359.